The summed E-state index contributed by atoms with van der Waals surface area (Å²) in [5.74, 6) is -1.02. The molecule has 22 heavy (non-hydrogen) atoms. The van der Waals surface area contributed by atoms with E-state index >= 15 is 0 Å². The lowest BCUT2D eigenvalue weighted by atomic mass is 10.2. The van der Waals surface area contributed by atoms with E-state index in [0.717, 1.165) is 6.07 Å². The monoisotopic (exact) mass is 303 g/mol. The van der Waals surface area contributed by atoms with Crippen LogP contribution in [-0.4, -0.2) is 24.5 Å². The zero-order valence-corrected chi connectivity index (χ0v) is 12.4. The molecule has 0 unspecified atom stereocenters. The van der Waals surface area contributed by atoms with Gasteiger partial charge < -0.3 is 14.5 Å². The van der Waals surface area contributed by atoms with Crippen molar-refractivity contribution >= 4 is 22.8 Å². The molecular weight excluding hydrogens is 286 g/mol. The summed E-state index contributed by atoms with van der Waals surface area (Å²) in [6, 6.07) is 7.83. The minimum atomic E-state index is -0.541. The van der Waals surface area contributed by atoms with E-state index in [2.05, 4.69) is 5.32 Å². The molecule has 1 aromatic carbocycles. The average Bonchev–Trinajstić information content (AvgIpc) is 2.46. The maximum absolute atomic E-state index is 11.9. The van der Waals surface area contributed by atoms with Crippen LogP contribution in [0.25, 0.3) is 11.0 Å². The molecule has 0 atom stereocenters. The van der Waals surface area contributed by atoms with Crippen LogP contribution in [0.5, 0.6) is 0 Å². The van der Waals surface area contributed by atoms with Crippen LogP contribution in [-0.2, 0) is 9.53 Å². The summed E-state index contributed by atoms with van der Waals surface area (Å²) >= 11 is 0. The molecule has 1 heterocycles. The van der Waals surface area contributed by atoms with E-state index in [4.69, 9.17) is 9.15 Å². The van der Waals surface area contributed by atoms with E-state index in [1.807, 2.05) is 0 Å². The van der Waals surface area contributed by atoms with Crippen LogP contribution in [0.4, 0.5) is 0 Å². The summed E-state index contributed by atoms with van der Waals surface area (Å²) < 4.78 is 10.3. The van der Waals surface area contributed by atoms with Crippen molar-refractivity contribution in [3.05, 3.63) is 46.3 Å². The first-order valence-corrected chi connectivity index (χ1v) is 6.98. The van der Waals surface area contributed by atoms with Gasteiger partial charge in [0, 0.05) is 12.6 Å². The maximum atomic E-state index is 11.9. The molecule has 2 rings (SSSR count). The number of hydrogen-bond acceptors (Lipinski definition) is 5. The number of para-hydroxylation sites is 1. The van der Waals surface area contributed by atoms with Gasteiger partial charge >= 0.3 is 5.97 Å². The van der Waals surface area contributed by atoms with E-state index in [1.54, 1.807) is 38.1 Å². The van der Waals surface area contributed by atoms with E-state index in [-0.39, 0.29) is 30.3 Å². The lowest BCUT2D eigenvalue weighted by molar-refractivity contribution is -0.147. The topological polar surface area (TPSA) is 85.6 Å². The number of esters is 1. The van der Waals surface area contributed by atoms with Gasteiger partial charge in [-0.1, -0.05) is 12.1 Å². The van der Waals surface area contributed by atoms with Crippen molar-refractivity contribution in [2.45, 2.75) is 26.4 Å². The van der Waals surface area contributed by atoms with Gasteiger partial charge in [0.15, 0.2) is 11.2 Å². The standard InChI is InChI=1S/C16H17NO5/c1-10(2)21-15(19)7-8-17-16(20)14-9-12(18)11-5-3-4-6-13(11)22-14/h3-6,9-10H,7-8H2,1-2H3,(H,17,20). The Balaban J connectivity index is 2.01. The molecule has 0 aliphatic heterocycles. The smallest absolute Gasteiger partial charge is 0.307 e. The molecule has 1 amide bonds. The zero-order valence-electron chi connectivity index (χ0n) is 12.4. The molecule has 116 valence electrons. The van der Waals surface area contributed by atoms with Gasteiger partial charge in [0.2, 0.25) is 0 Å². The number of rotatable bonds is 5. The van der Waals surface area contributed by atoms with Crippen molar-refractivity contribution in [3.63, 3.8) is 0 Å². The van der Waals surface area contributed by atoms with Gasteiger partial charge in [0.1, 0.15) is 5.58 Å². The third kappa shape index (κ3) is 3.94. The first-order valence-electron chi connectivity index (χ1n) is 6.98. The predicted molar refractivity (Wildman–Crippen MR) is 80.7 cm³/mol. The minimum Gasteiger partial charge on any atom is -0.463 e. The van der Waals surface area contributed by atoms with Crippen molar-refractivity contribution < 1.29 is 18.7 Å². The fraction of sp³-hybridized carbons (Fsp3) is 0.312. The van der Waals surface area contributed by atoms with Crippen LogP contribution >= 0.6 is 0 Å². The Morgan fingerprint density at radius 3 is 2.73 bits per heavy atom. The lowest BCUT2D eigenvalue weighted by Crippen LogP contribution is -2.27. The Bertz CT molecular complexity index is 748. The van der Waals surface area contributed by atoms with Gasteiger partial charge in [0.25, 0.3) is 5.91 Å². The summed E-state index contributed by atoms with van der Waals surface area (Å²) in [5, 5.41) is 2.94. The van der Waals surface area contributed by atoms with Gasteiger partial charge in [-0.25, -0.2) is 0 Å². The summed E-state index contributed by atoms with van der Waals surface area (Å²) in [5.41, 5.74) is 0.0607. The first kappa shape index (κ1) is 15.8. The van der Waals surface area contributed by atoms with E-state index in [9.17, 15) is 14.4 Å². The number of amides is 1. The number of nitrogens with one attached hydrogen (secondary N) is 1. The second-order valence-corrected chi connectivity index (χ2v) is 5.02. The highest BCUT2D eigenvalue weighted by atomic mass is 16.5. The Labute approximate surface area is 127 Å². The van der Waals surface area contributed by atoms with Crippen molar-refractivity contribution in [3.8, 4) is 0 Å². The van der Waals surface area contributed by atoms with E-state index < -0.39 is 11.9 Å². The Morgan fingerprint density at radius 2 is 2.00 bits per heavy atom. The predicted octanol–water partition coefficient (Wildman–Crippen LogP) is 1.86. The highest BCUT2D eigenvalue weighted by Gasteiger charge is 2.13. The molecule has 0 fully saturated rings. The summed E-state index contributed by atoms with van der Waals surface area (Å²) in [6.07, 6.45) is -0.136. The molecule has 2 aromatic rings. The first-order chi connectivity index (χ1) is 10.5. The highest BCUT2D eigenvalue weighted by molar-refractivity contribution is 5.93. The van der Waals surface area contributed by atoms with Crippen LogP contribution in [0.15, 0.2) is 39.5 Å². The number of ether oxygens (including phenoxy) is 1. The Morgan fingerprint density at radius 1 is 1.27 bits per heavy atom. The average molecular weight is 303 g/mol. The van der Waals surface area contributed by atoms with Gasteiger partial charge in [-0.15, -0.1) is 0 Å². The number of carbonyl (C=O) groups is 2. The Kier molecular flexibility index (Phi) is 4.93. The third-order valence-electron chi connectivity index (χ3n) is 2.84. The van der Waals surface area contributed by atoms with Crippen molar-refractivity contribution in [2.24, 2.45) is 0 Å². The fourth-order valence-corrected chi connectivity index (χ4v) is 1.90. The summed E-state index contributed by atoms with van der Waals surface area (Å²) in [6.45, 7) is 3.61. The molecule has 6 nitrogen and oxygen atoms in total. The largest absolute Gasteiger partial charge is 0.463 e. The third-order valence-corrected chi connectivity index (χ3v) is 2.84. The fourth-order valence-electron chi connectivity index (χ4n) is 1.90. The van der Waals surface area contributed by atoms with Crippen molar-refractivity contribution in [1.29, 1.82) is 0 Å². The molecule has 0 aliphatic rings. The molecule has 6 heteroatoms. The number of benzene rings is 1. The molecule has 1 N–H and O–H groups in total. The quantitative estimate of drug-likeness (QED) is 0.852. The van der Waals surface area contributed by atoms with Crippen LogP contribution in [0.3, 0.4) is 0 Å². The van der Waals surface area contributed by atoms with Gasteiger partial charge in [-0.05, 0) is 26.0 Å². The van der Waals surface area contributed by atoms with Crippen LogP contribution in [0.1, 0.15) is 30.8 Å². The molecule has 1 aromatic heterocycles. The Hall–Kier alpha value is -2.63. The second kappa shape index (κ2) is 6.89. The number of hydrogen-bond donors (Lipinski definition) is 1. The second-order valence-electron chi connectivity index (χ2n) is 5.02. The number of carbonyl (C=O) groups excluding carboxylic acids is 2. The van der Waals surface area contributed by atoms with Gasteiger partial charge in [-0.2, -0.15) is 0 Å². The lowest BCUT2D eigenvalue weighted by Gasteiger charge is -2.08. The van der Waals surface area contributed by atoms with Crippen LogP contribution in [0.2, 0.25) is 0 Å². The maximum Gasteiger partial charge on any atom is 0.307 e. The van der Waals surface area contributed by atoms with Gasteiger partial charge in [0.05, 0.1) is 17.9 Å². The minimum absolute atomic E-state index is 0.0573. The van der Waals surface area contributed by atoms with Gasteiger partial charge in [-0.3, -0.25) is 14.4 Å². The summed E-state index contributed by atoms with van der Waals surface area (Å²) in [4.78, 5) is 35.2. The molecular formula is C16H17NO5. The molecule has 0 radical (unpaired) electrons. The molecule has 0 aliphatic carbocycles. The molecule has 0 spiro atoms. The normalized spacial score (nSPS) is 10.7. The zero-order chi connectivity index (χ0) is 16.1. The van der Waals surface area contributed by atoms with Crippen LogP contribution in [0, 0.1) is 0 Å². The molecule has 0 saturated carbocycles. The van der Waals surface area contributed by atoms with Crippen molar-refractivity contribution in [2.75, 3.05) is 6.54 Å². The highest BCUT2D eigenvalue weighted by Crippen LogP contribution is 2.11. The SMILES string of the molecule is CC(C)OC(=O)CCNC(=O)c1cc(=O)c2ccccc2o1. The number of fused-ring (bicyclic) bond motifs is 1. The van der Waals surface area contributed by atoms with E-state index in [0.29, 0.717) is 11.0 Å². The molecule has 0 bridgehead atoms. The summed E-state index contributed by atoms with van der Waals surface area (Å²) in [7, 11) is 0. The van der Waals surface area contributed by atoms with E-state index in [1.165, 1.54) is 0 Å². The van der Waals surface area contributed by atoms with Crippen molar-refractivity contribution in [1.82, 2.24) is 5.32 Å². The van der Waals surface area contributed by atoms with Crippen LogP contribution < -0.4 is 10.7 Å². The molecule has 0 saturated heterocycles.